The number of likely N-dealkylation sites (N-methyl/N-ethyl adjacent to an activating group) is 2. The molecule has 15 nitrogen and oxygen atoms in total. The second kappa shape index (κ2) is 22.4. The zero-order chi connectivity index (χ0) is 50.6. The number of aromatic nitrogens is 4. The van der Waals surface area contributed by atoms with Gasteiger partial charge in [-0.3, -0.25) is 14.4 Å². The van der Waals surface area contributed by atoms with Crippen molar-refractivity contribution in [3.05, 3.63) is 105 Å². The number of nitrogens with zero attached hydrogens (tertiary/aromatic N) is 7. The minimum Gasteiger partial charge on any atom is -0.495 e. The maximum atomic E-state index is 12.7. The van der Waals surface area contributed by atoms with Crippen molar-refractivity contribution in [2.75, 3.05) is 69.7 Å². The first-order valence-corrected chi connectivity index (χ1v) is 23.8. The largest absolute Gasteiger partial charge is 0.495 e. The van der Waals surface area contributed by atoms with Crippen molar-refractivity contribution in [2.24, 2.45) is 11.8 Å². The summed E-state index contributed by atoms with van der Waals surface area (Å²) in [6.45, 7) is 4.80. The number of amides is 3. The van der Waals surface area contributed by atoms with Crippen LogP contribution in [0.15, 0.2) is 73.6 Å². The van der Waals surface area contributed by atoms with Gasteiger partial charge in [0.25, 0.3) is 0 Å². The van der Waals surface area contributed by atoms with E-state index in [1.807, 2.05) is 42.6 Å². The highest BCUT2D eigenvalue weighted by molar-refractivity contribution is 6.42. The van der Waals surface area contributed by atoms with Gasteiger partial charge in [0.2, 0.25) is 17.7 Å². The van der Waals surface area contributed by atoms with Crippen molar-refractivity contribution in [1.82, 2.24) is 40.0 Å². The van der Waals surface area contributed by atoms with Crippen LogP contribution in [0.3, 0.4) is 0 Å². The average molecular weight is 1030 g/mol. The number of benzene rings is 4. The molecule has 1 N–H and O–H groups in total. The second-order valence-electron chi connectivity index (χ2n) is 17.4. The van der Waals surface area contributed by atoms with Crippen LogP contribution in [0.4, 0.5) is 0 Å². The monoisotopic (exact) mass is 1030 g/mol. The lowest BCUT2D eigenvalue weighted by Gasteiger charge is -2.24. The van der Waals surface area contributed by atoms with Gasteiger partial charge < -0.3 is 39.0 Å². The van der Waals surface area contributed by atoms with Crippen molar-refractivity contribution in [3.63, 3.8) is 0 Å². The van der Waals surface area contributed by atoms with Gasteiger partial charge in [0.15, 0.2) is 0 Å². The van der Waals surface area contributed by atoms with Crippen molar-refractivity contribution < 1.29 is 33.3 Å². The van der Waals surface area contributed by atoms with Crippen LogP contribution in [0.2, 0.25) is 20.1 Å². The van der Waals surface area contributed by atoms with Crippen LogP contribution in [0.5, 0.6) is 23.0 Å². The van der Waals surface area contributed by atoms with Gasteiger partial charge in [-0.05, 0) is 72.7 Å². The number of hydrogen-bond donors (Lipinski definition) is 1. The van der Waals surface area contributed by atoms with Gasteiger partial charge in [-0.2, -0.15) is 0 Å². The summed E-state index contributed by atoms with van der Waals surface area (Å²) in [5, 5.41) is 6.58. The minimum absolute atomic E-state index is 0.0522. The van der Waals surface area contributed by atoms with Gasteiger partial charge in [0, 0.05) is 94.0 Å². The fraction of sp³-hybridized carbons (Fsp3) is 0.353. The minimum atomic E-state index is -0.511. The van der Waals surface area contributed by atoms with Crippen LogP contribution in [0.1, 0.15) is 24.5 Å². The first-order valence-electron chi connectivity index (χ1n) is 22.3. The zero-order valence-corrected chi connectivity index (χ0v) is 43.1. The molecule has 0 aliphatic carbocycles. The van der Waals surface area contributed by atoms with Crippen LogP contribution < -0.4 is 24.3 Å². The van der Waals surface area contributed by atoms with E-state index in [-0.39, 0.29) is 29.7 Å². The number of hydrogen-bond acceptors (Lipinski definition) is 12. The highest BCUT2D eigenvalue weighted by atomic mass is 35.5. The van der Waals surface area contributed by atoms with Gasteiger partial charge in [-0.15, -0.1) is 0 Å². The maximum Gasteiger partial charge on any atom is 0.246 e. The molecule has 0 bridgehead atoms. The Hall–Kier alpha value is -5.97. The van der Waals surface area contributed by atoms with Crippen LogP contribution in [0.25, 0.3) is 44.1 Å². The number of halogens is 4. The number of likely N-dealkylation sites (tertiary alicyclic amines) is 1. The van der Waals surface area contributed by atoms with E-state index in [0.717, 1.165) is 51.7 Å². The summed E-state index contributed by atoms with van der Waals surface area (Å²) in [5.41, 5.74) is 4.41. The third-order valence-corrected chi connectivity index (χ3v) is 14.0. The molecule has 2 fully saturated rings. The molecular formula is C51H54Cl4N8O7. The molecule has 4 aromatic carbocycles. The Kier molecular flexibility index (Phi) is 16.6. The summed E-state index contributed by atoms with van der Waals surface area (Å²) in [6, 6.07) is 14.2. The normalized spacial score (nSPS) is 17.5. The fourth-order valence-corrected chi connectivity index (χ4v) is 10.3. The van der Waals surface area contributed by atoms with Gasteiger partial charge >= 0.3 is 0 Å². The summed E-state index contributed by atoms with van der Waals surface area (Å²) in [7, 11) is 13.1. The summed E-state index contributed by atoms with van der Waals surface area (Å²) in [6.07, 6.45) is 7.40. The van der Waals surface area contributed by atoms with E-state index in [2.05, 4.69) is 21.9 Å². The SMILES string of the molecule is C=CC(=O)N1C[C@@H](Cc2ncc3cc(-c4c(Cl)c(OC)cc(OC)c4Cl)ccc3n2)C[C@H]1C(=O)N(C)C.COc1cc(OC)c(Cl)c(-c2ccc3nc(C[C@@H]4CN[C@H](C(=O)N(C)C)C4)ncc3c2)c1Cl. The lowest BCUT2D eigenvalue weighted by Crippen LogP contribution is -2.44. The number of methoxy groups -OCH3 is 4. The third-order valence-electron chi connectivity index (χ3n) is 12.5. The van der Waals surface area contributed by atoms with Crippen LogP contribution in [-0.4, -0.2) is 134 Å². The lowest BCUT2D eigenvalue weighted by molar-refractivity contribution is -0.139. The van der Waals surface area contributed by atoms with Crippen molar-refractivity contribution in [3.8, 4) is 45.3 Å². The number of rotatable bonds is 13. The average Bonchev–Trinajstić information content (AvgIpc) is 4.01. The lowest BCUT2D eigenvalue weighted by atomic mass is 10.0. The van der Waals surface area contributed by atoms with E-state index < -0.39 is 6.04 Å². The molecule has 4 heterocycles. The molecular weight excluding hydrogens is 978 g/mol. The number of carbonyl (C=O) groups is 3. The van der Waals surface area contributed by atoms with Crippen molar-refractivity contribution >= 4 is 85.9 Å². The molecule has 8 rings (SSSR count). The Morgan fingerprint density at radius 3 is 1.53 bits per heavy atom. The number of carbonyl (C=O) groups excluding carboxylic acids is 3. The smallest absolute Gasteiger partial charge is 0.246 e. The fourth-order valence-electron chi connectivity index (χ4n) is 8.87. The highest BCUT2D eigenvalue weighted by Gasteiger charge is 2.40. The van der Waals surface area contributed by atoms with E-state index >= 15 is 0 Å². The molecule has 2 aliphatic rings. The highest BCUT2D eigenvalue weighted by Crippen LogP contribution is 2.48. The van der Waals surface area contributed by atoms with Crippen molar-refractivity contribution in [1.29, 1.82) is 0 Å². The Morgan fingerprint density at radius 1 is 0.671 bits per heavy atom. The molecule has 368 valence electrons. The predicted octanol–water partition coefficient (Wildman–Crippen LogP) is 8.88. The Bertz CT molecular complexity index is 2920. The maximum absolute atomic E-state index is 12.7. The predicted molar refractivity (Wildman–Crippen MR) is 275 cm³/mol. The van der Waals surface area contributed by atoms with E-state index in [0.29, 0.717) is 91.8 Å². The molecule has 2 aromatic heterocycles. The van der Waals surface area contributed by atoms with E-state index in [4.69, 9.17) is 75.3 Å². The van der Waals surface area contributed by atoms with E-state index in [9.17, 15) is 14.4 Å². The molecule has 0 spiro atoms. The number of fused-ring (bicyclic) bond motifs is 2. The molecule has 4 atom stereocenters. The van der Waals surface area contributed by atoms with Gasteiger partial charge in [-0.25, -0.2) is 19.9 Å². The van der Waals surface area contributed by atoms with Gasteiger partial charge in [0.1, 0.15) is 40.7 Å². The van der Waals surface area contributed by atoms with Crippen LogP contribution in [-0.2, 0) is 27.2 Å². The summed E-state index contributed by atoms with van der Waals surface area (Å²) < 4.78 is 21.5. The quantitative estimate of drug-likeness (QED) is 0.110. The van der Waals surface area contributed by atoms with Crippen LogP contribution in [0, 0.1) is 11.8 Å². The van der Waals surface area contributed by atoms with Gasteiger partial charge in [-0.1, -0.05) is 65.1 Å². The van der Waals surface area contributed by atoms with Gasteiger partial charge in [0.05, 0.1) is 65.6 Å². The molecule has 19 heteroatoms. The third kappa shape index (κ3) is 11.0. The Labute approximate surface area is 427 Å². The standard InChI is InChI=1S/C27H28Cl2N4O4.C24H26Cl2N4O3/c1-6-23(34)33-14-15(9-19(33)27(35)32(2)3)10-22-30-13-17-11-16(7-8-18(17)31-22)24-25(28)20(36-4)12-21(37-5)26(24)29;1-30(2)24(31)17-7-13(11-27-17)8-20-28-12-15-9-14(5-6-16(15)29-20)21-22(25)18(32-3)10-19(33-4)23(21)26/h6-8,11-13,15,19H,1,9-10,14H2,2-5H3;5-6,9-10,12-13,17,27H,7-8,11H2,1-4H3/t15-,19+;13-,17+/m11/s1. The summed E-state index contributed by atoms with van der Waals surface area (Å²) >= 11 is 26.3. The number of ether oxygens (including phenoxy) is 4. The molecule has 3 amide bonds. The van der Waals surface area contributed by atoms with E-state index in [1.165, 1.54) is 25.2 Å². The van der Waals surface area contributed by atoms with E-state index in [1.54, 1.807) is 70.5 Å². The molecule has 0 unspecified atom stereocenters. The zero-order valence-electron chi connectivity index (χ0n) is 40.1. The van der Waals surface area contributed by atoms with Crippen molar-refractivity contribution in [2.45, 2.75) is 37.8 Å². The first kappa shape index (κ1) is 51.9. The Balaban J connectivity index is 0.000000208. The molecule has 2 saturated heterocycles. The second-order valence-corrected chi connectivity index (χ2v) is 18.9. The molecule has 6 aromatic rings. The number of nitrogens with one attached hydrogen (secondary N) is 1. The summed E-state index contributed by atoms with van der Waals surface area (Å²) in [4.78, 5) is 60.6. The van der Waals surface area contributed by atoms with Crippen LogP contribution >= 0.6 is 46.4 Å². The molecule has 0 radical (unpaired) electrons. The Morgan fingerprint density at radius 2 is 1.11 bits per heavy atom. The molecule has 2 aliphatic heterocycles. The topological polar surface area (TPSA) is 161 Å². The first-order chi connectivity index (χ1) is 33.5. The molecule has 0 saturated carbocycles. The summed E-state index contributed by atoms with van der Waals surface area (Å²) in [5.74, 6) is 3.41. The molecule has 70 heavy (non-hydrogen) atoms.